The molecule has 3 atom stereocenters. The summed E-state index contributed by atoms with van der Waals surface area (Å²) in [4.78, 5) is 76.8. The van der Waals surface area contributed by atoms with E-state index in [-0.39, 0.29) is 48.5 Å². The van der Waals surface area contributed by atoms with Crippen molar-refractivity contribution in [2.45, 2.75) is 95.5 Å². The number of benzene rings is 2. The van der Waals surface area contributed by atoms with Crippen LogP contribution < -0.4 is 25.2 Å². The number of piperazine rings is 1. The zero-order valence-electron chi connectivity index (χ0n) is 33.4. The van der Waals surface area contributed by atoms with Gasteiger partial charge in [0.05, 0.1) is 33.4 Å². The molecule has 2 aromatic carbocycles. The molecule has 5 aliphatic rings. The van der Waals surface area contributed by atoms with Gasteiger partial charge in [-0.15, -0.1) is 0 Å². The standard InChI is InChI=1S/C44H49ClN8O6/c1-26-23-51(32-7-11-35-36(19-32)44(58)53(43(35)57)38-12-14-40(54)49-42(38)56)24-27(2)52(26)25-28-15-17-50(18-16-28)39-13-4-30(22-47-39)41(55)48-31-5-9-33(10-6-31)59-34-8-3-29(21-46)37(45)20-34/h3-4,7-8,11,13,19-20,22,26-28,31,33,38H,5-6,9-10,12,14-18,23-25H2,1-2H3,(H,48,55)(H,49,54,56). The first kappa shape index (κ1) is 40.3. The molecule has 4 aliphatic heterocycles. The molecule has 59 heavy (non-hydrogen) atoms. The Morgan fingerprint density at radius 1 is 0.898 bits per heavy atom. The van der Waals surface area contributed by atoms with Gasteiger partial charge in [0.1, 0.15) is 23.7 Å². The summed E-state index contributed by atoms with van der Waals surface area (Å²) >= 11 is 6.16. The van der Waals surface area contributed by atoms with Crippen molar-refractivity contribution in [2.24, 2.45) is 5.92 Å². The quantitative estimate of drug-likeness (QED) is 0.281. The smallest absolute Gasteiger partial charge is 0.262 e. The molecule has 0 spiro atoms. The molecule has 5 heterocycles. The van der Waals surface area contributed by atoms with Gasteiger partial charge in [-0.1, -0.05) is 11.6 Å². The van der Waals surface area contributed by atoms with E-state index in [1.165, 1.54) is 0 Å². The number of nitrogens with zero attached hydrogens (tertiary/aromatic N) is 6. The van der Waals surface area contributed by atoms with Crippen molar-refractivity contribution in [2.75, 3.05) is 42.5 Å². The molecule has 3 saturated heterocycles. The number of nitriles is 1. The van der Waals surface area contributed by atoms with Crippen LogP contribution in [-0.2, 0) is 9.59 Å². The molecular formula is C44H49ClN8O6. The van der Waals surface area contributed by atoms with Gasteiger partial charge < -0.3 is 19.9 Å². The number of fused-ring (bicyclic) bond motifs is 1. The number of carbonyl (C=O) groups is 5. The number of hydrogen-bond acceptors (Lipinski definition) is 11. The highest BCUT2D eigenvalue weighted by Crippen LogP contribution is 2.33. The van der Waals surface area contributed by atoms with Crippen LogP contribution in [0.25, 0.3) is 0 Å². The second-order valence-electron chi connectivity index (χ2n) is 16.6. The summed E-state index contributed by atoms with van der Waals surface area (Å²) in [5.74, 6) is -0.0453. The number of nitrogens with one attached hydrogen (secondary N) is 2. The Balaban J connectivity index is 0.782. The Morgan fingerprint density at radius 2 is 1.63 bits per heavy atom. The first-order valence-electron chi connectivity index (χ1n) is 20.7. The van der Waals surface area contributed by atoms with E-state index in [0.717, 1.165) is 87.7 Å². The molecule has 1 aromatic heterocycles. The number of carbonyl (C=O) groups excluding carboxylic acids is 5. The van der Waals surface area contributed by atoms with Crippen LogP contribution in [-0.4, -0.2) is 107 Å². The third-order valence-corrected chi connectivity index (χ3v) is 13.0. The summed E-state index contributed by atoms with van der Waals surface area (Å²) in [5, 5.41) is 14.9. The summed E-state index contributed by atoms with van der Waals surface area (Å²) in [6.45, 7) is 8.80. The predicted molar refractivity (Wildman–Crippen MR) is 220 cm³/mol. The molecule has 1 saturated carbocycles. The van der Waals surface area contributed by atoms with Gasteiger partial charge in [0, 0.05) is 75.2 Å². The number of ether oxygens (including phenoxy) is 1. The number of halogens is 1. The predicted octanol–water partition coefficient (Wildman–Crippen LogP) is 4.94. The number of hydrogen-bond donors (Lipinski definition) is 2. The van der Waals surface area contributed by atoms with Gasteiger partial charge in [-0.25, -0.2) is 4.98 Å². The van der Waals surface area contributed by atoms with Gasteiger partial charge in [-0.3, -0.25) is 39.1 Å². The number of piperidine rings is 2. The molecule has 5 amide bonds. The number of amides is 5. The number of aromatic nitrogens is 1. The second kappa shape index (κ2) is 17.0. The van der Waals surface area contributed by atoms with Crippen LogP contribution in [0.4, 0.5) is 11.5 Å². The molecule has 3 aromatic rings. The Hall–Kier alpha value is -5.52. The lowest BCUT2D eigenvalue weighted by Crippen LogP contribution is -2.58. The Morgan fingerprint density at radius 3 is 2.29 bits per heavy atom. The molecule has 0 bridgehead atoms. The fourth-order valence-electron chi connectivity index (χ4n) is 9.38. The highest BCUT2D eigenvalue weighted by molar-refractivity contribution is 6.31. The molecule has 2 N–H and O–H groups in total. The maximum absolute atomic E-state index is 13.4. The minimum Gasteiger partial charge on any atom is -0.490 e. The topological polar surface area (TPSA) is 168 Å². The van der Waals surface area contributed by atoms with Crippen molar-refractivity contribution in [3.63, 3.8) is 0 Å². The first-order valence-corrected chi connectivity index (χ1v) is 21.1. The molecule has 3 unspecified atom stereocenters. The zero-order valence-corrected chi connectivity index (χ0v) is 34.1. The summed E-state index contributed by atoms with van der Waals surface area (Å²) in [6, 6.07) is 15.9. The van der Waals surface area contributed by atoms with Crippen molar-refractivity contribution in [1.82, 2.24) is 25.4 Å². The fraction of sp³-hybridized carbons (Fsp3) is 0.477. The SMILES string of the molecule is CC1CN(c2ccc3c(c2)C(=O)N(C2CCC(=O)NC2=O)C3=O)CC(C)N1CC1CCN(c2ccc(C(=O)NC3CCC(Oc4ccc(C#N)c(Cl)c4)CC3)cn2)CC1. The van der Waals surface area contributed by atoms with Gasteiger partial charge in [0.25, 0.3) is 17.7 Å². The van der Waals surface area contributed by atoms with Gasteiger partial charge in [0.2, 0.25) is 11.8 Å². The summed E-state index contributed by atoms with van der Waals surface area (Å²) < 4.78 is 6.10. The Bertz CT molecular complexity index is 2170. The van der Waals surface area contributed by atoms with Crippen LogP contribution in [0.1, 0.15) is 102 Å². The minimum atomic E-state index is -0.983. The second-order valence-corrected chi connectivity index (χ2v) is 17.0. The van der Waals surface area contributed by atoms with E-state index in [4.69, 9.17) is 21.6 Å². The van der Waals surface area contributed by atoms with Crippen LogP contribution >= 0.6 is 11.6 Å². The maximum Gasteiger partial charge on any atom is 0.262 e. The molecule has 14 nitrogen and oxygen atoms in total. The van der Waals surface area contributed by atoms with Crippen molar-refractivity contribution in [3.8, 4) is 11.8 Å². The van der Waals surface area contributed by atoms with Crippen LogP contribution in [0.15, 0.2) is 54.7 Å². The molecular weight excluding hydrogens is 772 g/mol. The highest BCUT2D eigenvalue weighted by Gasteiger charge is 2.45. The van der Waals surface area contributed by atoms with Crippen LogP contribution in [0.3, 0.4) is 0 Å². The summed E-state index contributed by atoms with van der Waals surface area (Å²) in [7, 11) is 0. The van der Waals surface area contributed by atoms with Gasteiger partial charge in [0.15, 0.2) is 0 Å². The molecule has 15 heteroatoms. The monoisotopic (exact) mass is 820 g/mol. The number of anilines is 2. The van der Waals surface area contributed by atoms with Crippen molar-refractivity contribution >= 4 is 52.6 Å². The summed E-state index contributed by atoms with van der Waals surface area (Å²) in [6.07, 6.45) is 7.23. The minimum absolute atomic E-state index is 0.0310. The van der Waals surface area contributed by atoms with Crippen LogP contribution in [0.5, 0.6) is 5.75 Å². The van der Waals surface area contributed by atoms with E-state index in [1.54, 1.807) is 36.5 Å². The highest BCUT2D eigenvalue weighted by atomic mass is 35.5. The fourth-order valence-corrected chi connectivity index (χ4v) is 9.59. The maximum atomic E-state index is 13.4. The van der Waals surface area contributed by atoms with E-state index < -0.39 is 29.7 Å². The molecule has 1 aliphatic carbocycles. The largest absolute Gasteiger partial charge is 0.490 e. The molecule has 308 valence electrons. The third kappa shape index (κ3) is 8.49. The average molecular weight is 821 g/mol. The summed E-state index contributed by atoms with van der Waals surface area (Å²) in [5.41, 5.74) is 2.43. The Labute approximate surface area is 348 Å². The lowest BCUT2D eigenvalue weighted by molar-refractivity contribution is -0.136. The van der Waals surface area contributed by atoms with Crippen molar-refractivity contribution in [3.05, 3.63) is 82.0 Å². The van der Waals surface area contributed by atoms with Gasteiger partial charge in [-0.2, -0.15) is 5.26 Å². The van der Waals surface area contributed by atoms with E-state index in [1.807, 2.05) is 18.2 Å². The average Bonchev–Trinajstić information content (AvgIpc) is 3.48. The van der Waals surface area contributed by atoms with Crippen LogP contribution in [0, 0.1) is 17.2 Å². The number of imide groups is 2. The van der Waals surface area contributed by atoms with E-state index in [0.29, 0.717) is 33.4 Å². The Kier molecular flexibility index (Phi) is 11.6. The molecule has 4 fully saturated rings. The van der Waals surface area contributed by atoms with Crippen LogP contribution in [0.2, 0.25) is 5.02 Å². The van der Waals surface area contributed by atoms with E-state index >= 15 is 0 Å². The lowest BCUT2D eigenvalue weighted by atomic mass is 9.92. The van der Waals surface area contributed by atoms with Crippen molar-refractivity contribution in [1.29, 1.82) is 5.26 Å². The number of rotatable bonds is 9. The van der Waals surface area contributed by atoms with Gasteiger partial charge in [-0.05, 0) is 107 Å². The van der Waals surface area contributed by atoms with E-state index in [2.05, 4.69) is 50.2 Å². The van der Waals surface area contributed by atoms with E-state index in [9.17, 15) is 24.0 Å². The zero-order chi connectivity index (χ0) is 41.4. The number of pyridine rings is 1. The molecule has 8 rings (SSSR count). The first-order chi connectivity index (χ1) is 28.4. The van der Waals surface area contributed by atoms with Gasteiger partial charge >= 0.3 is 0 Å². The van der Waals surface area contributed by atoms with Crippen molar-refractivity contribution < 1.29 is 28.7 Å². The lowest BCUT2D eigenvalue weighted by Gasteiger charge is -2.47. The molecule has 0 radical (unpaired) electrons. The normalized spacial score (nSPS) is 25.4. The third-order valence-electron chi connectivity index (χ3n) is 12.7.